The van der Waals surface area contributed by atoms with Crippen LogP contribution in [-0.2, 0) is 14.6 Å². The molecule has 0 bridgehead atoms. The Morgan fingerprint density at radius 2 is 1.61 bits per heavy atom. The first-order chi connectivity index (χ1) is 11.0. The lowest BCUT2D eigenvalue weighted by molar-refractivity contribution is -0.132. The van der Waals surface area contributed by atoms with E-state index in [4.69, 9.17) is 0 Å². The summed E-state index contributed by atoms with van der Waals surface area (Å²) in [4.78, 5) is 17.0. The highest BCUT2D eigenvalue weighted by molar-refractivity contribution is 7.92. The molecule has 3 fully saturated rings. The van der Waals surface area contributed by atoms with Gasteiger partial charge in [-0.1, -0.05) is 12.8 Å². The Morgan fingerprint density at radius 3 is 2.26 bits per heavy atom. The number of nitrogens with zero attached hydrogens (tertiary/aromatic N) is 2. The first-order valence-electron chi connectivity index (χ1n) is 9.20. The van der Waals surface area contributed by atoms with Gasteiger partial charge in [0, 0.05) is 25.0 Å². The summed E-state index contributed by atoms with van der Waals surface area (Å²) < 4.78 is 24.7. The van der Waals surface area contributed by atoms with Crippen LogP contribution in [0.3, 0.4) is 0 Å². The Balaban J connectivity index is 1.57. The van der Waals surface area contributed by atoms with Crippen LogP contribution < -0.4 is 0 Å². The highest BCUT2D eigenvalue weighted by Crippen LogP contribution is 2.30. The zero-order valence-corrected chi connectivity index (χ0v) is 15.1. The highest BCUT2D eigenvalue weighted by Gasteiger charge is 2.38. The smallest absolute Gasteiger partial charge is 0.223 e. The van der Waals surface area contributed by atoms with Gasteiger partial charge in [0.2, 0.25) is 5.91 Å². The second-order valence-electron chi connectivity index (χ2n) is 7.51. The minimum Gasteiger partial charge on any atom is -0.338 e. The summed E-state index contributed by atoms with van der Waals surface area (Å²) >= 11 is 0. The number of rotatable bonds is 5. The van der Waals surface area contributed by atoms with E-state index >= 15 is 0 Å². The molecule has 0 aromatic carbocycles. The third-order valence-corrected chi connectivity index (χ3v) is 8.31. The van der Waals surface area contributed by atoms with Crippen LogP contribution in [0, 0.1) is 0 Å². The summed E-state index contributed by atoms with van der Waals surface area (Å²) in [7, 11) is -0.948. The van der Waals surface area contributed by atoms with Gasteiger partial charge in [-0.05, 0) is 52.1 Å². The third kappa shape index (κ3) is 3.73. The molecule has 2 saturated heterocycles. The van der Waals surface area contributed by atoms with Crippen molar-refractivity contribution in [1.29, 1.82) is 0 Å². The lowest BCUT2D eigenvalue weighted by Gasteiger charge is -2.33. The first kappa shape index (κ1) is 17.2. The van der Waals surface area contributed by atoms with Gasteiger partial charge in [-0.15, -0.1) is 0 Å². The number of carbonyl (C=O) groups excluding carboxylic acids is 1. The molecule has 0 N–H and O–H groups in total. The zero-order chi connectivity index (χ0) is 16.4. The predicted molar refractivity (Wildman–Crippen MR) is 91.0 cm³/mol. The maximum atomic E-state index is 12.6. The molecule has 3 aliphatic rings. The number of sulfone groups is 1. The molecule has 1 aliphatic carbocycles. The van der Waals surface area contributed by atoms with Gasteiger partial charge in [0.05, 0.1) is 11.0 Å². The van der Waals surface area contributed by atoms with E-state index in [1.165, 1.54) is 6.42 Å². The number of hydrogen-bond donors (Lipinski definition) is 0. The molecular weight excluding hydrogens is 312 g/mol. The number of amides is 1. The summed E-state index contributed by atoms with van der Waals surface area (Å²) in [5, 5.41) is -0.189. The third-order valence-electron chi connectivity index (χ3n) is 6.05. The Bertz CT molecular complexity index is 528. The van der Waals surface area contributed by atoms with Crippen LogP contribution in [0.2, 0.25) is 0 Å². The van der Waals surface area contributed by atoms with Crippen molar-refractivity contribution in [2.75, 3.05) is 25.9 Å². The van der Waals surface area contributed by atoms with Crippen molar-refractivity contribution < 1.29 is 13.2 Å². The van der Waals surface area contributed by atoms with Crippen LogP contribution in [0.4, 0.5) is 0 Å². The summed E-state index contributed by atoms with van der Waals surface area (Å²) in [6.07, 6.45) is 8.25. The average Bonchev–Trinajstić information content (AvgIpc) is 3.24. The first-order valence-corrected chi connectivity index (χ1v) is 10.9. The quantitative estimate of drug-likeness (QED) is 0.765. The monoisotopic (exact) mass is 342 g/mol. The minimum atomic E-state index is -3.09. The van der Waals surface area contributed by atoms with E-state index in [2.05, 4.69) is 11.9 Å². The molecule has 2 heterocycles. The lowest BCUT2D eigenvalue weighted by Crippen LogP contribution is -2.47. The van der Waals surface area contributed by atoms with E-state index in [9.17, 15) is 13.2 Å². The molecule has 1 saturated carbocycles. The fraction of sp³-hybridized carbons (Fsp3) is 0.941. The molecule has 5 nitrogen and oxygen atoms in total. The van der Waals surface area contributed by atoms with Crippen molar-refractivity contribution in [3.8, 4) is 0 Å². The molecule has 2 aliphatic heterocycles. The maximum Gasteiger partial charge on any atom is 0.223 e. The SMILES string of the molecule is CN1CCC[C@@H]1[C@@H]1CCCN1C(=O)CCS(=O)(=O)C1CCCC1. The van der Waals surface area contributed by atoms with E-state index in [0.29, 0.717) is 12.1 Å². The number of carbonyl (C=O) groups is 1. The molecular formula is C17H30N2O3S. The molecule has 132 valence electrons. The standard InChI is InChI=1S/C17H30N2O3S/c1-18-11-4-8-15(18)16-9-5-12-19(16)17(20)10-13-23(21,22)14-6-2-3-7-14/h14-16H,2-13H2,1H3/t15-,16+/m1/s1. The summed E-state index contributed by atoms with van der Waals surface area (Å²) in [5.41, 5.74) is 0. The van der Waals surface area contributed by atoms with Crippen LogP contribution in [0.5, 0.6) is 0 Å². The fourth-order valence-electron chi connectivity index (χ4n) is 4.71. The second kappa shape index (κ2) is 7.09. The van der Waals surface area contributed by atoms with Gasteiger partial charge in [0.15, 0.2) is 9.84 Å². The van der Waals surface area contributed by atoms with Crippen LogP contribution in [0.1, 0.15) is 57.8 Å². The summed E-state index contributed by atoms with van der Waals surface area (Å²) in [6.45, 7) is 1.91. The molecule has 2 atom stereocenters. The average molecular weight is 343 g/mol. The summed E-state index contributed by atoms with van der Waals surface area (Å²) in [6, 6.07) is 0.761. The van der Waals surface area contributed by atoms with Gasteiger partial charge in [-0.25, -0.2) is 8.42 Å². The van der Waals surface area contributed by atoms with Crippen LogP contribution >= 0.6 is 0 Å². The van der Waals surface area contributed by atoms with Crippen molar-refractivity contribution in [3.63, 3.8) is 0 Å². The molecule has 3 rings (SSSR count). The van der Waals surface area contributed by atoms with Crippen LogP contribution in [0.25, 0.3) is 0 Å². The molecule has 0 aromatic rings. The molecule has 0 aromatic heterocycles. The highest BCUT2D eigenvalue weighted by atomic mass is 32.2. The van der Waals surface area contributed by atoms with E-state index in [1.54, 1.807) is 0 Å². The van der Waals surface area contributed by atoms with E-state index < -0.39 is 9.84 Å². The van der Waals surface area contributed by atoms with E-state index in [0.717, 1.165) is 58.0 Å². The Labute approximate surface area is 140 Å². The predicted octanol–water partition coefficient (Wildman–Crippen LogP) is 1.82. The van der Waals surface area contributed by atoms with Crippen LogP contribution in [-0.4, -0.2) is 67.3 Å². The fourth-order valence-corrected chi connectivity index (χ4v) is 6.56. The molecule has 1 amide bonds. The number of hydrogen-bond acceptors (Lipinski definition) is 4. The van der Waals surface area contributed by atoms with Crippen molar-refractivity contribution in [1.82, 2.24) is 9.80 Å². The zero-order valence-electron chi connectivity index (χ0n) is 14.2. The molecule has 0 unspecified atom stereocenters. The Kier molecular flexibility index (Phi) is 5.31. The molecule has 23 heavy (non-hydrogen) atoms. The van der Waals surface area contributed by atoms with Crippen molar-refractivity contribution in [2.24, 2.45) is 0 Å². The van der Waals surface area contributed by atoms with Gasteiger partial charge in [-0.3, -0.25) is 4.79 Å². The normalized spacial score (nSPS) is 30.4. The molecule has 0 radical (unpaired) electrons. The van der Waals surface area contributed by atoms with Crippen molar-refractivity contribution >= 4 is 15.7 Å². The maximum absolute atomic E-state index is 12.6. The van der Waals surface area contributed by atoms with E-state index in [-0.39, 0.29) is 23.3 Å². The van der Waals surface area contributed by atoms with Crippen LogP contribution in [0.15, 0.2) is 0 Å². The van der Waals surface area contributed by atoms with Gasteiger partial charge in [0.1, 0.15) is 0 Å². The van der Waals surface area contributed by atoms with E-state index in [1.807, 2.05) is 4.90 Å². The Morgan fingerprint density at radius 1 is 0.957 bits per heavy atom. The Hall–Kier alpha value is -0.620. The van der Waals surface area contributed by atoms with Crippen molar-refractivity contribution in [3.05, 3.63) is 0 Å². The molecule has 6 heteroatoms. The van der Waals surface area contributed by atoms with Gasteiger partial charge < -0.3 is 9.80 Å². The van der Waals surface area contributed by atoms with Gasteiger partial charge in [0.25, 0.3) is 0 Å². The van der Waals surface area contributed by atoms with Gasteiger partial charge in [-0.2, -0.15) is 0 Å². The van der Waals surface area contributed by atoms with Crippen molar-refractivity contribution in [2.45, 2.75) is 75.1 Å². The van der Waals surface area contributed by atoms with Gasteiger partial charge >= 0.3 is 0 Å². The largest absolute Gasteiger partial charge is 0.338 e. The summed E-state index contributed by atoms with van der Waals surface area (Å²) in [5.74, 6) is 0.0922. The minimum absolute atomic E-state index is 0.0419. The topological polar surface area (TPSA) is 57.7 Å². The lowest BCUT2D eigenvalue weighted by atomic mass is 10.0. The number of likely N-dealkylation sites (N-methyl/N-ethyl adjacent to an activating group) is 1. The number of likely N-dealkylation sites (tertiary alicyclic amines) is 2. The second-order valence-corrected chi connectivity index (χ2v) is 9.91. The molecule has 0 spiro atoms.